The molecule has 2 atom stereocenters. The first kappa shape index (κ1) is 28.4. The van der Waals surface area contributed by atoms with Crippen molar-refractivity contribution < 1.29 is 29.6 Å². The lowest BCUT2D eigenvalue weighted by atomic mass is 9.96. The van der Waals surface area contributed by atoms with Crippen molar-refractivity contribution in [2.24, 2.45) is 0 Å². The second kappa shape index (κ2) is 12.5. The van der Waals surface area contributed by atoms with Gasteiger partial charge in [0, 0.05) is 50.0 Å². The van der Waals surface area contributed by atoms with E-state index < -0.39 is 24.7 Å². The fourth-order valence-electron chi connectivity index (χ4n) is 4.62. The maximum Gasteiger partial charge on any atom is 0.407 e. The molecule has 210 valence electrons. The Bertz CT molecular complexity index is 1280. The number of aliphatic hydroxyl groups is 2. The van der Waals surface area contributed by atoms with Crippen molar-refractivity contribution in [3.63, 3.8) is 0 Å². The molecule has 1 fully saturated rings. The third-order valence-corrected chi connectivity index (χ3v) is 7.03. The average Bonchev–Trinajstić information content (AvgIpc) is 3.35. The quantitative estimate of drug-likeness (QED) is 0.292. The van der Waals surface area contributed by atoms with Crippen LogP contribution in [0.1, 0.15) is 25.3 Å². The van der Waals surface area contributed by atoms with Crippen molar-refractivity contribution in [2.45, 2.75) is 31.9 Å². The third-order valence-electron chi connectivity index (χ3n) is 6.78. The molecule has 12 nitrogen and oxygen atoms in total. The first-order valence-corrected chi connectivity index (χ1v) is 13.1. The smallest absolute Gasteiger partial charge is 0.407 e. The van der Waals surface area contributed by atoms with Crippen molar-refractivity contribution in [2.75, 3.05) is 50.8 Å². The van der Waals surface area contributed by atoms with E-state index in [0.717, 1.165) is 5.69 Å². The van der Waals surface area contributed by atoms with Crippen molar-refractivity contribution in [1.29, 1.82) is 0 Å². The number of aromatic amines is 1. The van der Waals surface area contributed by atoms with E-state index in [9.17, 15) is 19.8 Å². The molecule has 2 aromatic heterocycles. The molecule has 4 N–H and O–H groups in total. The average molecular weight is 561 g/mol. The molecule has 0 radical (unpaired) electrons. The maximum atomic E-state index is 13.8. The molecule has 3 aromatic rings. The van der Waals surface area contributed by atoms with Crippen LogP contribution in [-0.2, 0) is 4.79 Å². The van der Waals surface area contributed by atoms with Gasteiger partial charge < -0.3 is 34.8 Å². The molecule has 4 rings (SSSR count). The van der Waals surface area contributed by atoms with E-state index in [1.807, 2.05) is 6.07 Å². The fraction of sp³-hybridized carbons (Fsp3) is 0.462. The Kier molecular flexibility index (Phi) is 9.10. The van der Waals surface area contributed by atoms with Gasteiger partial charge in [-0.3, -0.25) is 9.89 Å². The highest BCUT2D eigenvalue weighted by molar-refractivity contribution is 6.30. The number of aromatic nitrogens is 3. The van der Waals surface area contributed by atoms with Crippen LogP contribution in [0.15, 0.2) is 36.5 Å². The topological polar surface area (TPSA) is 155 Å². The molecule has 1 aromatic carbocycles. The predicted molar refractivity (Wildman–Crippen MR) is 145 cm³/mol. The van der Waals surface area contributed by atoms with Gasteiger partial charge in [-0.2, -0.15) is 0 Å². The summed E-state index contributed by atoms with van der Waals surface area (Å²) in [5.41, 5.74) is 2.05. The lowest BCUT2D eigenvalue weighted by Gasteiger charge is -2.38. The second-order valence-corrected chi connectivity index (χ2v) is 10.1. The summed E-state index contributed by atoms with van der Waals surface area (Å²) in [6.07, 6.45) is -0.455. The number of amides is 2. The molecule has 1 unspecified atom stereocenters. The number of halogens is 1. The van der Waals surface area contributed by atoms with Gasteiger partial charge in [0.1, 0.15) is 18.1 Å². The van der Waals surface area contributed by atoms with E-state index in [4.69, 9.17) is 21.4 Å². The number of benzene rings is 1. The van der Waals surface area contributed by atoms with Crippen LogP contribution in [0.2, 0.25) is 5.02 Å². The Balaban J connectivity index is 1.52. The lowest BCUT2D eigenvalue weighted by Crippen LogP contribution is -2.52. The van der Waals surface area contributed by atoms with Crippen LogP contribution >= 0.6 is 11.6 Å². The Morgan fingerprint density at radius 3 is 2.46 bits per heavy atom. The number of hydrogen-bond donors (Lipinski definition) is 4. The Hall–Kier alpha value is -3.61. The maximum absolute atomic E-state index is 13.8. The minimum absolute atomic E-state index is 0.0358. The second-order valence-electron chi connectivity index (χ2n) is 9.68. The normalized spacial score (nSPS) is 15.4. The summed E-state index contributed by atoms with van der Waals surface area (Å²) in [4.78, 5) is 35.1. The number of nitrogens with zero attached hydrogens (tertiary/aromatic N) is 5. The van der Waals surface area contributed by atoms with E-state index in [1.165, 1.54) is 4.90 Å². The summed E-state index contributed by atoms with van der Waals surface area (Å²) in [6, 6.07) is 8.49. The van der Waals surface area contributed by atoms with Gasteiger partial charge in [-0.05, 0) is 37.6 Å². The molecule has 1 saturated heterocycles. The molecular formula is C26H33ClN6O6. The number of H-pyrrole nitrogens is 1. The van der Waals surface area contributed by atoms with Crippen LogP contribution in [0.3, 0.4) is 0 Å². The highest BCUT2D eigenvalue weighted by Crippen LogP contribution is 2.33. The Labute approximate surface area is 230 Å². The number of fused-ring (bicyclic) bond motifs is 1. The number of hydrogen-bond acceptors (Lipinski definition) is 8. The van der Waals surface area contributed by atoms with Gasteiger partial charge in [0.05, 0.1) is 18.2 Å². The number of rotatable bonds is 10. The number of piperazine rings is 1. The molecule has 0 spiro atoms. The van der Waals surface area contributed by atoms with Crippen molar-refractivity contribution >= 4 is 40.3 Å². The SMILES string of the molecule is CC(C)N(C[C@@H](C(=O)N1CCN(c2ccnc3[nH]nc(OCC(O)CO)c23)CC1)c1ccc(Cl)cc1)C(=O)O. The molecule has 13 heteroatoms. The first-order valence-electron chi connectivity index (χ1n) is 12.7. The molecule has 0 aliphatic carbocycles. The van der Waals surface area contributed by atoms with E-state index in [2.05, 4.69) is 20.1 Å². The lowest BCUT2D eigenvalue weighted by molar-refractivity contribution is -0.133. The Morgan fingerprint density at radius 1 is 1.15 bits per heavy atom. The predicted octanol–water partition coefficient (Wildman–Crippen LogP) is 2.16. The van der Waals surface area contributed by atoms with Crippen molar-refractivity contribution in [3.05, 3.63) is 47.1 Å². The number of anilines is 1. The molecule has 2 amide bonds. The summed E-state index contributed by atoms with van der Waals surface area (Å²) < 4.78 is 5.62. The minimum atomic E-state index is -1.08. The van der Waals surface area contributed by atoms with Crippen LogP contribution in [-0.4, -0.2) is 110 Å². The van der Waals surface area contributed by atoms with E-state index >= 15 is 0 Å². The molecular weight excluding hydrogens is 528 g/mol. The molecule has 39 heavy (non-hydrogen) atoms. The molecule has 0 saturated carbocycles. The summed E-state index contributed by atoms with van der Waals surface area (Å²) in [5.74, 6) is -0.551. The van der Waals surface area contributed by atoms with Crippen LogP contribution in [0.4, 0.5) is 10.5 Å². The van der Waals surface area contributed by atoms with Crippen molar-refractivity contribution in [3.8, 4) is 5.88 Å². The number of carbonyl (C=O) groups excluding carboxylic acids is 1. The van der Waals surface area contributed by atoms with Gasteiger partial charge in [-0.1, -0.05) is 23.7 Å². The number of carboxylic acid groups (broad SMARTS) is 1. The van der Waals surface area contributed by atoms with Gasteiger partial charge >= 0.3 is 6.09 Å². The number of ether oxygens (including phenoxy) is 1. The summed E-state index contributed by atoms with van der Waals surface area (Å²) in [6.45, 7) is 4.95. The van der Waals surface area contributed by atoms with Crippen LogP contribution in [0.25, 0.3) is 11.0 Å². The van der Waals surface area contributed by atoms with Crippen LogP contribution in [0, 0.1) is 0 Å². The zero-order valence-electron chi connectivity index (χ0n) is 21.8. The minimum Gasteiger partial charge on any atom is -0.473 e. The summed E-state index contributed by atoms with van der Waals surface area (Å²) >= 11 is 6.06. The van der Waals surface area contributed by atoms with Gasteiger partial charge in [0.2, 0.25) is 11.8 Å². The fourth-order valence-corrected chi connectivity index (χ4v) is 4.74. The van der Waals surface area contributed by atoms with E-state index in [0.29, 0.717) is 47.8 Å². The van der Waals surface area contributed by atoms with Gasteiger partial charge in [-0.25, -0.2) is 9.78 Å². The highest BCUT2D eigenvalue weighted by Gasteiger charge is 2.33. The zero-order chi connectivity index (χ0) is 28.1. The van der Waals surface area contributed by atoms with Crippen LogP contribution < -0.4 is 9.64 Å². The summed E-state index contributed by atoms with van der Waals surface area (Å²) in [7, 11) is 0. The number of carbonyl (C=O) groups is 2. The van der Waals surface area contributed by atoms with Gasteiger partial charge in [0.25, 0.3) is 0 Å². The Morgan fingerprint density at radius 2 is 1.85 bits per heavy atom. The number of nitrogens with one attached hydrogen (secondary N) is 1. The molecule has 3 heterocycles. The monoisotopic (exact) mass is 560 g/mol. The highest BCUT2D eigenvalue weighted by atomic mass is 35.5. The third kappa shape index (κ3) is 6.52. The van der Waals surface area contributed by atoms with Gasteiger partial charge in [0.15, 0.2) is 5.65 Å². The number of pyridine rings is 1. The van der Waals surface area contributed by atoms with Crippen LogP contribution in [0.5, 0.6) is 5.88 Å². The van der Waals surface area contributed by atoms with E-state index in [1.54, 1.807) is 49.2 Å². The van der Waals surface area contributed by atoms with E-state index in [-0.39, 0.29) is 31.0 Å². The molecule has 1 aliphatic heterocycles. The standard InChI is InChI=1S/C26H33ClN6O6/c1-16(2)33(26(37)38)13-20(17-3-5-18(27)6-4-17)25(36)32-11-9-31(10-12-32)21-7-8-28-23-22(21)24(30-29-23)39-15-19(35)14-34/h3-8,16,19-20,34-35H,9-15H2,1-2H3,(H,37,38)(H,28,29,30)/t19?,20-/m1/s1. The molecule has 0 bridgehead atoms. The molecule has 1 aliphatic rings. The van der Waals surface area contributed by atoms with Crippen molar-refractivity contribution in [1.82, 2.24) is 25.0 Å². The largest absolute Gasteiger partial charge is 0.473 e. The first-order chi connectivity index (χ1) is 18.7. The zero-order valence-corrected chi connectivity index (χ0v) is 22.6. The van der Waals surface area contributed by atoms with Gasteiger partial charge in [-0.15, -0.1) is 5.10 Å². The summed E-state index contributed by atoms with van der Waals surface area (Å²) in [5, 5.41) is 36.7. The number of aliphatic hydroxyl groups excluding tert-OH is 2.